The van der Waals surface area contributed by atoms with Crippen molar-refractivity contribution in [1.29, 1.82) is 0 Å². The summed E-state index contributed by atoms with van der Waals surface area (Å²) in [5, 5.41) is 5.53. The standard InChI is InChI=1S/C50H46N8O6/c1-63-49(61)55-43(29-9-5-3-6-10-29)47(59)57-39-23-33(39)25-41(57)45-51-35-19-17-31(21-37(35)53-45)27-13-15-28(16-14-27)32-18-20-36-38(22-32)54-46(52-36)42-26-34-24-40(34)58(42)48(60)44(56-50(62)64-2)30-11-7-4-8-12-30/h3-22,33-34,39-44H,23-26H2,1-2H3,(H,51,53)(H,52,54)(H,55,61)(H,56,62)/t33-,34-,39?,40?,41+,42+,43-,44-/m1/s1. The fraction of sp³-hybridized carbons (Fsp3) is 0.280. The predicted molar refractivity (Wildman–Crippen MR) is 238 cm³/mol. The molecule has 2 aliphatic heterocycles. The predicted octanol–water partition coefficient (Wildman–Crippen LogP) is 8.29. The summed E-state index contributed by atoms with van der Waals surface area (Å²) in [6, 6.07) is 37.3. The largest absolute Gasteiger partial charge is 0.453 e. The van der Waals surface area contributed by atoms with Crippen LogP contribution in [0.4, 0.5) is 9.59 Å². The monoisotopic (exact) mass is 854 g/mol. The van der Waals surface area contributed by atoms with Gasteiger partial charge in [0.25, 0.3) is 11.8 Å². The van der Waals surface area contributed by atoms with Crippen molar-refractivity contribution < 1.29 is 28.7 Å². The van der Waals surface area contributed by atoms with Gasteiger partial charge >= 0.3 is 12.2 Å². The molecule has 2 unspecified atom stereocenters. The van der Waals surface area contributed by atoms with E-state index in [4.69, 9.17) is 19.4 Å². The molecule has 2 saturated heterocycles. The number of rotatable bonds is 10. The van der Waals surface area contributed by atoms with E-state index in [1.54, 1.807) is 0 Å². The summed E-state index contributed by atoms with van der Waals surface area (Å²) in [6.07, 6.45) is 2.17. The molecule has 2 aliphatic carbocycles. The minimum Gasteiger partial charge on any atom is -0.453 e. The van der Waals surface area contributed by atoms with Crippen LogP contribution in [-0.2, 0) is 19.1 Å². The molecule has 0 bridgehead atoms. The molecule has 322 valence electrons. The maximum atomic E-state index is 14.2. The molecule has 0 radical (unpaired) electrons. The lowest BCUT2D eigenvalue weighted by Gasteiger charge is -2.30. The van der Waals surface area contributed by atoms with Crippen molar-refractivity contribution in [1.82, 2.24) is 40.4 Å². The first-order chi connectivity index (χ1) is 31.2. The number of hydrogen-bond donors (Lipinski definition) is 4. The van der Waals surface area contributed by atoms with E-state index in [1.165, 1.54) is 14.2 Å². The van der Waals surface area contributed by atoms with E-state index in [2.05, 4.69) is 69.1 Å². The van der Waals surface area contributed by atoms with Gasteiger partial charge in [0.05, 0.1) is 48.4 Å². The molecule has 2 aromatic heterocycles. The summed E-state index contributed by atoms with van der Waals surface area (Å²) in [5.41, 5.74) is 8.94. The quantitative estimate of drug-likeness (QED) is 0.106. The van der Waals surface area contributed by atoms with E-state index < -0.39 is 24.3 Å². The lowest BCUT2D eigenvalue weighted by molar-refractivity contribution is -0.136. The number of amides is 4. The first-order valence-corrected chi connectivity index (χ1v) is 21.8. The van der Waals surface area contributed by atoms with Gasteiger partial charge in [0, 0.05) is 12.1 Å². The van der Waals surface area contributed by atoms with Gasteiger partial charge in [0.1, 0.15) is 23.7 Å². The molecule has 4 fully saturated rings. The Morgan fingerprint density at radius 3 is 1.33 bits per heavy atom. The van der Waals surface area contributed by atoms with Gasteiger partial charge in [-0.25, -0.2) is 19.6 Å². The molecule has 7 aromatic rings. The van der Waals surface area contributed by atoms with Gasteiger partial charge in [0.15, 0.2) is 0 Å². The van der Waals surface area contributed by atoms with Gasteiger partial charge in [-0.05, 0) is 95.2 Å². The Bertz CT molecular complexity index is 2740. The molecule has 14 heteroatoms. The minimum atomic E-state index is -0.878. The minimum absolute atomic E-state index is 0.108. The van der Waals surface area contributed by atoms with Gasteiger partial charge in [-0.15, -0.1) is 0 Å². The summed E-state index contributed by atoms with van der Waals surface area (Å²) in [4.78, 5) is 74.1. The first kappa shape index (κ1) is 39.4. The third-order valence-electron chi connectivity index (χ3n) is 13.6. The SMILES string of the molecule is COC(=O)N[C@@H](C(=O)N1C2C[C@@H]2C[C@H]1c1nc2ccc(-c3ccc(-c4ccc5nc([C@@H]6C[C@H]7CC7N6C(=O)[C@H](NC(=O)OC)c6ccccc6)[nH]c5c4)cc3)cc2[nH]1)c1ccccc1. The normalized spacial score (nSPS) is 22.7. The van der Waals surface area contributed by atoms with Crippen LogP contribution >= 0.6 is 0 Å². The third-order valence-corrected chi connectivity index (χ3v) is 13.6. The number of carbonyl (C=O) groups excluding carboxylic acids is 4. The molecule has 11 rings (SSSR count). The Morgan fingerprint density at radius 2 is 0.938 bits per heavy atom. The van der Waals surface area contributed by atoms with E-state index in [9.17, 15) is 19.2 Å². The maximum absolute atomic E-state index is 14.2. The lowest BCUT2D eigenvalue weighted by atomic mass is 10.00. The smallest absolute Gasteiger partial charge is 0.407 e. The van der Waals surface area contributed by atoms with E-state index in [0.29, 0.717) is 23.0 Å². The zero-order chi connectivity index (χ0) is 43.6. The Hall–Kier alpha value is -7.48. The van der Waals surface area contributed by atoms with E-state index in [-0.39, 0.29) is 36.0 Å². The average Bonchev–Trinajstić information content (AvgIpc) is 4.00. The number of fused-ring (bicyclic) bond motifs is 4. The summed E-state index contributed by atoms with van der Waals surface area (Å²) in [6.45, 7) is 0. The zero-order valence-electron chi connectivity index (χ0n) is 35.2. The van der Waals surface area contributed by atoms with Crippen molar-refractivity contribution in [2.75, 3.05) is 14.2 Å². The number of H-pyrrole nitrogens is 2. The highest BCUT2D eigenvalue weighted by Crippen LogP contribution is 2.55. The van der Waals surface area contributed by atoms with Gasteiger partial charge in [-0.2, -0.15) is 0 Å². The number of carbonyl (C=O) groups is 4. The number of nitrogens with one attached hydrogen (secondary N) is 4. The summed E-state index contributed by atoms with van der Waals surface area (Å²) in [5.74, 6) is 1.93. The molecule has 4 aliphatic rings. The topological polar surface area (TPSA) is 175 Å². The van der Waals surface area contributed by atoms with Crippen molar-refractivity contribution in [2.45, 2.75) is 61.9 Å². The number of alkyl carbamates (subject to hydrolysis) is 2. The van der Waals surface area contributed by atoms with Crippen LogP contribution < -0.4 is 10.6 Å². The van der Waals surface area contributed by atoms with E-state index in [1.807, 2.05) is 82.6 Å². The van der Waals surface area contributed by atoms with E-state index >= 15 is 0 Å². The summed E-state index contributed by atoms with van der Waals surface area (Å²) in [7, 11) is 2.59. The number of hydrogen-bond acceptors (Lipinski definition) is 8. The number of aromatic nitrogens is 4. The number of aromatic amines is 2. The van der Waals surface area contributed by atoms with Crippen LogP contribution in [0.1, 0.15) is 72.6 Å². The second-order valence-corrected chi connectivity index (χ2v) is 17.4. The molecule has 4 heterocycles. The Morgan fingerprint density at radius 1 is 0.547 bits per heavy atom. The lowest BCUT2D eigenvalue weighted by Crippen LogP contribution is -2.44. The number of benzene rings is 5. The van der Waals surface area contributed by atoms with Crippen LogP contribution in [0.3, 0.4) is 0 Å². The van der Waals surface area contributed by atoms with Crippen LogP contribution in [0.5, 0.6) is 0 Å². The Kier molecular flexibility index (Phi) is 9.66. The van der Waals surface area contributed by atoms with Crippen molar-refractivity contribution in [3.8, 4) is 22.3 Å². The van der Waals surface area contributed by atoms with Crippen LogP contribution in [0.2, 0.25) is 0 Å². The van der Waals surface area contributed by atoms with Crippen molar-refractivity contribution in [3.05, 3.63) is 144 Å². The molecular weight excluding hydrogens is 809 g/mol. The number of likely N-dealkylation sites (tertiary alicyclic amines) is 2. The summed E-state index contributed by atoms with van der Waals surface area (Å²) < 4.78 is 9.77. The second kappa shape index (κ2) is 15.7. The summed E-state index contributed by atoms with van der Waals surface area (Å²) >= 11 is 0. The van der Waals surface area contributed by atoms with Crippen molar-refractivity contribution in [2.24, 2.45) is 11.8 Å². The van der Waals surface area contributed by atoms with Crippen LogP contribution in [0.15, 0.2) is 121 Å². The zero-order valence-corrected chi connectivity index (χ0v) is 35.2. The van der Waals surface area contributed by atoms with E-state index in [0.717, 1.165) is 81.7 Å². The Labute approximate surface area is 368 Å². The van der Waals surface area contributed by atoms with Crippen molar-refractivity contribution in [3.63, 3.8) is 0 Å². The molecule has 4 N–H and O–H groups in total. The second-order valence-electron chi connectivity index (χ2n) is 17.4. The van der Waals surface area contributed by atoms with Crippen molar-refractivity contribution >= 4 is 46.1 Å². The molecule has 2 saturated carbocycles. The van der Waals surface area contributed by atoms with Gasteiger partial charge in [-0.1, -0.05) is 97.1 Å². The maximum Gasteiger partial charge on any atom is 0.407 e. The number of nitrogens with zero attached hydrogens (tertiary/aromatic N) is 4. The molecule has 64 heavy (non-hydrogen) atoms. The number of ether oxygens (including phenoxy) is 2. The fourth-order valence-corrected chi connectivity index (χ4v) is 10.1. The Balaban J connectivity index is 0.812. The third kappa shape index (κ3) is 7.08. The fourth-order valence-electron chi connectivity index (χ4n) is 10.1. The average molecular weight is 855 g/mol. The molecule has 4 amide bonds. The molecular formula is C50H46N8O6. The van der Waals surface area contributed by atoms with Gasteiger partial charge in [0.2, 0.25) is 0 Å². The van der Waals surface area contributed by atoms with Gasteiger partial charge in [-0.3, -0.25) is 9.59 Å². The molecule has 5 aromatic carbocycles. The van der Waals surface area contributed by atoms with Gasteiger partial charge < -0.3 is 39.9 Å². The first-order valence-electron chi connectivity index (χ1n) is 21.8. The van der Waals surface area contributed by atoms with Crippen LogP contribution in [-0.4, -0.2) is 80.0 Å². The molecule has 8 atom stereocenters. The molecule has 0 spiro atoms. The highest BCUT2D eigenvalue weighted by Gasteiger charge is 2.57. The van der Waals surface area contributed by atoms with Crippen LogP contribution in [0.25, 0.3) is 44.3 Å². The molecule has 14 nitrogen and oxygen atoms in total. The highest BCUT2D eigenvalue weighted by molar-refractivity contribution is 5.90. The number of imidazole rings is 2. The van der Waals surface area contributed by atoms with Crippen LogP contribution in [0, 0.1) is 11.8 Å². The number of piperidine rings is 2. The number of methoxy groups -OCH3 is 2. The highest BCUT2D eigenvalue weighted by atomic mass is 16.5.